The fourth-order valence-electron chi connectivity index (χ4n) is 2.00. The molecule has 1 aliphatic rings. The van der Waals surface area contributed by atoms with Gasteiger partial charge >= 0.3 is 5.97 Å². The van der Waals surface area contributed by atoms with Gasteiger partial charge in [-0.25, -0.2) is 0 Å². The molecule has 0 spiro atoms. The van der Waals surface area contributed by atoms with Gasteiger partial charge in [0.2, 0.25) is 11.8 Å². The Morgan fingerprint density at radius 3 is 2.05 bits per heavy atom. The predicted molar refractivity (Wildman–Crippen MR) is 73.9 cm³/mol. The minimum absolute atomic E-state index is 0.0572. The van der Waals surface area contributed by atoms with Crippen molar-refractivity contribution in [3.8, 4) is 0 Å². The second-order valence-corrected chi connectivity index (χ2v) is 5.97. The van der Waals surface area contributed by atoms with Gasteiger partial charge in [-0.05, 0) is 27.2 Å². The van der Waals surface area contributed by atoms with Crippen LogP contribution in [0.15, 0.2) is 0 Å². The van der Waals surface area contributed by atoms with Gasteiger partial charge in [-0.2, -0.15) is 0 Å². The first-order valence-corrected chi connectivity index (χ1v) is 7.00. The fourth-order valence-corrected chi connectivity index (χ4v) is 2.00. The van der Waals surface area contributed by atoms with Crippen molar-refractivity contribution in [2.45, 2.75) is 46.1 Å². The van der Waals surface area contributed by atoms with Crippen LogP contribution in [-0.2, 0) is 19.1 Å². The maximum atomic E-state index is 11.9. The number of esters is 1. The van der Waals surface area contributed by atoms with E-state index in [1.165, 1.54) is 4.90 Å². The molecule has 1 aliphatic heterocycles. The van der Waals surface area contributed by atoms with E-state index in [1.54, 1.807) is 25.7 Å². The Morgan fingerprint density at radius 1 is 1.10 bits per heavy atom. The van der Waals surface area contributed by atoms with E-state index in [-0.39, 0.29) is 43.8 Å². The van der Waals surface area contributed by atoms with Crippen LogP contribution in [0.4, 0.5) is 0 Å². The van der Waals surface area contributed by atoms with Crippen LogP contribution in [-0.4, -0.2) is 59.4 Å². The molecule has 2 amide bonds. The van der Waals surface area contributed by atoms with Gasteiger partial charge in [0.05, 0.1) is 19.5 Å². The zero-order valence-corrected chi connectivity index (χ0v) is 12.8. The first kappa shape index (κ1) is 16.5. The second kappa shape index (κ2) is 6.72. The number of ether oxygens (including phenoxy) is 1. The van der Waals surface area contributed by atoms with Crippen LogP contribution in [0.25, 0.3) is 0 Å². The Bertz CT molecular complexity index is 387. The summed E-state index contributed by atoms with van der Waals surface area (Å²) in [5.41, 5.74) is -0.531. The maximum Gasteiger partial charge on any atom is 0.308 e. The Labute approximate surface area is 120 Å². The van der Waals surface area contributed by atoms with Crippen LogP contribution < -0.4 is 0 Å². The highest BCUT2D eigenvalue weighted by Crippen LogP contribution is 2.10. The molecule has 0 bridgehead atoms. The lowest BCUT2D eigenvalue weighted by atomic mass is 10.2. The first-order chi connectivity index (χ1) is 9.23. The third kappa shape index (κ3) is 5.19. The van der Waals surface area contributed by atoms with Crippen molar-refractivity contribution in [2.24, 2.45) is 0 Å². The van der Waals surface area contributed by atoms with Crippen LogP contribution in [0.1, 0.15) is 40.5 Å². The smallest absolute Gasteiger partial charge is 0.308 e. The number of hydrogen-bond donors (Lipinski definition) is 0. The molecule has 0 radical (unpaired) electrons. The molecule has 0 saturated carbocycles. The third-order valence-electron chi connectivity index (χ3n) is 2.86. The third-order valence-corrected chi connectivity index (χ3v) is 2.86. The summed E-state index contributed by atoms with van der Waals surface area (Å²) in [5.74, 6) is -0.522. The summed E-state index contributed by atoms with van der Waals surface area (Å²) in [5, 5.41) is 0. The molecule has 0 aromatic rings. The highest BCUT2D eigenvalue weighted by Gasteiger charge is 2.29. The van der Waals surface area contributed by atoms with Crippen molar-refractivity contribution in [3.05, 3.63) is 0 Å². The van der Waals surface area contributed by atoms with Crippen molar-refractivity contribution in [1.29, 1.82) is 0 Å². The van der Waals surface area contributed by atoms with E-state index >= 15 is 0 Å². The molecule has 0 atom stereocenters. The van der Waals surface area contributed by atoms with Crippen LogP contribution in [0, 0.1) is 0 Å². The average Bonchev–Trinajstić information content (AvgIpc) is 2.30. The molecule has 20 heavy (non-hydrogen) atoms. The summed E-state index contributed by atoms with van der Waals surface area (Å²) >= 11 is 0. The van der Waals surface area contributed by atoms with Gasteiger partial charge in [0.15, 0.2) is 0 Å². The molecular formula is C14H24N2O4. The van der Waals surface area contributed by atoms with Gasteiger partial charge in [-0.15, -0.1) is 0 Å². The van der Waals surface area contributed by atoms with Crippen molar-refractivity contribution < 1.29 is 19.1 Å². The summed E-state index contributed by atoms with van der Waals surface area (Å²) < 4.78 is 5.18. The van der Waals surface area contributed by atoms with Crippen molar-refractivity contribution in [2.75, 3.05) is 26.2 Å². The van der Waals surface area contributed by atoms with E-state index in [0.717, 1.165) is 6.42 Å². The Morgan fingerprint density at radius 2 is 1.60 bits per heavy atom. The number of hydrogen-bond acceptors (Lipinski definition) is 4. The summed E-state index contributed by atoms with van der Waals surface area (Å²) in [6, 6.07) is 0. The molecule has 0 aromatic carbocycles. The van der Waals surface area contributed by atoms with E-state index in [4.69, 9.17) is 4.74 Å². The zero-order chi connectivity index (χ0) is 15.3. The fraction of sp³-hybridized carbons (Fsp3) is 0.786. The number of amides is 2. The Kier molecular flexibility index (Phi) is 5.53. The number of rotatable bonds is 5. The van der Waals surface area contributed by atoms with Gasteiger partial charge in [-0.1, -0.05) is 6.92 Å². The predicted octanol–water partition coefficient (Wildman–Crippen LogP) is 0.799. The number of carbonyl (C=O) groups is 3. The van der Waals surface area contributed by atoms with Gasteiger partial charge < -0.3 is 14.5 Å². The largest absolute Gasteiger partial charge is 0.460 e. The monoisotopic (exact) mass is 284 g/mol. The van der Waals surface area contributed by atoms with Crippen LogP contribution in [0.2, 0.25) is 0 Å². The Balaban J connectivity index is 2.44. The van der Waals surface area contributed by atoms with Crippen LogP contribution in [0.5, 0.6) is 0 Å². The molecule has 1 rings (SSSR count). The molecule has 114 valence electrons. The van der Waals surface area contributed by atoms with E-state index in [0.29, 0.717) is 6.54 Å². The summed E-state index contributed by atoms with van der Waals surface area (Å²) in [7, 11) is 0. The lowest BCUT2D eigenvalue weighted by Gasteiger charge is -2.33. The molecule has 1 heterocycles. The lowest BCUT2D eigenvalue weighted by molar-refractivity contribution is -0.157. The average molecular weight is 284 g/mol. The number of piperazine rings is 1. The van der Waals surface area contributed by atoms with Crippen LogP contribution in [0.3, 0.4) is 0 Å². The quantitative estimate of drug-likeness (QED) is 0.700. The SMILES string of the molecule is CCCN1CC(=O)N(CCC(=O)OC(C)(C)C)CC1=O. The van der Waals surface area contributed by atoms with Crippen molar-refractivity contribution in [3.63, 3.8) is 0 Å². The minimum Gasteiger partial charge on any atom is -0.460 e. The highest BCUT2D eigenvalue weighted by atomic mass is 16.6. The molecule has 0 aliphatic carbocycles. The highest BCUT2D eigenvalue weighted by molar-refractivity contribution is 5.92. The van der Waals surface area contributed by atoms with E-state index in [1.807, 2.05) is 6.92 Å². The van der Waals surface area contributed by atoms with Crippen LogP contribution >= 0.6 is 0 Å². The first-order valence-electron chi connectivity index (χ1n) is 7.00. The molecule has 0 N–H and O–H groups in total. The molecule has 1 saturated heterocycles. The van der Waals surface area contributed by atoms with E-state index in [9.17, 15) is 14.4 Å². The summed E-state index contributed by atoms with van der Waals surface area (Å²) in [6.07, 6.45) is 0.945. The van der Waals surface area contributed by atoms with Gasteiger partial charge in [0, 0.05) is 13.1 Å². The Hall–Kier alpha value is -1.59. The number of nitrogens with zero attached hydrogens (tertiary/aromatic N) is 2. The lowest BCUT2D eigenvalue weighted by Crippen LogP contribution is -2.54. The van der Waals surface area contributed by atoms with E-state index < -0.39 is 5.60 Å². The molecule has 6 heteroatoms. The summed E-state index contributed by atoms with van der Waals surface area (Å²) in [4.78, 5) is 38.3. The molecule has 1 fully saturated rings. The molecule has 0 aromatic heterocycles. The molecular weight excluding hydrogens is 260 g/mol. The molecule has 6 nitrogen and oxygen atoms in total. The number of carbonyl (C=O) groups excluding carboxylic acids is 3. The topological polar surface area (TPSA) is 66.9 Å². The molecule has 0 unspecified atom stereocenters. The minimum atomic E-state index is -0.531. The standard InChI is InChI=1S/C14H24N2O4/c1-5-7-15-9-12(18)16(10-11(15)17)8-6-13(19)20-14(2,3)4/h5-10H2,1-4H3. The second-order valence-electron chi connectivity index (χ2n) is 5.97. The van der Waals surface area contributed by atoms with E-state index in [2.05, 4.69) is 0 Å². The normalized spacial score (nSPS) is 16.6. The van der Waals surface area contributed by atoms with Crippen molar-refractivity contribution in [1.82, 2.24) is 9.80 Å². The summed E-state index contributed by atoms with van der Waals surface area (Å²) in [6.45, 7) is 8.36. The maximum absolute atomic E-state index is 11.9. The zero-order valence-electron chi connectivity index (χ0n) is 12.8. The van der Waals surface area contributed by atoms with Gasteiger partial charge in [0.1, 0.15) is 5.60 Å². The van der Waals surface area contributed by atoms with Crippen molar-refractivity contribution >= 4 is 17.8 Å². The van der Waals surface area contributed by atoms with Gasteiger partial charge in [-0.3, -0.25) is 14.4 Å². The van der Waals surface area contributed by atoms with Gasteiger partial charge in [0.25, 0.3) is 0 Å².